The first-order valence-electron chi connectivity index (χ1n) is 8.79. The molecule has 0 aliphatic carbocycles. The summed E-state index contributed by atoms with van der Waals surface area (Å²) in [5.41, 5.74) is 8.70. The number of nitrogens with zero attached hydrogens (tertiary/aromatic N) is 2. The van der Waals surface area contributed by atoms with E-state index in [2.05, 4.69) is 4.98 Å². The zero-order chi connectivity index (χ0) is 21.2. The molecule has 0 spiro atoms. The molecule has 0 unspecified atom stereocenters. The fraction of sp³-hybridized carbons (Fsp3) is 0.300. The number of aromatic nitrogens is 2. The van der Waals surface area contributed by atoms with E-state index < -0.39 is 24.8 Å². The summed E-state index contributed by atoms with van der Waals surface area (Å²) in [7, 11) is 2.69. The van der Waals surface area contributed by atoms with Crippen molar-refractivity contribution in [2.24, 2.45) is 5.73 Å². The van der Waals surface area contributed by atoms with Crippen molar-refractivity contribution >= 4 is 16.8 Å². The highest BCUT2D eigenvalue weighted by Crippen LogP contribution is 2.35. The van der Waals surface area contributed by atoms with E-state index in [1.54, 1.807) is 23.0 Å². The highest BCUT2D eigenvalue weighted by molar-refractivity contribution is 6.01. The zero-order valence-corrected chi connectivity index (χ0v) is 15.9. The van der Waals surface area contributed by atoms with Gasteiger partial charge in [-0.1, -0.05) is 6.07 Å². The van der Waals surface area contributed by atoms with Crippen LogP contribution in [0.5, 0.6) is 11.5 Å². The second-order valence-corrected chi connectivity index (χ2v) is 6.41. The van der Waals surface area contributed by atoms with Crippen molar-refractivity contribution in [1.82, 2.24) is 9.55 Å². The van der Waals surface area contributed by atoms with Gasteiger partial charge in [0.05, 0.1) is 37.4 Å². The largest absolute Gasteiger partial charge is 0.496 e. The number of ketones is 1. The monoisotopic (exact) mass is 407 g/mol. The van der Waals surface area contributed by atoms with E-state index in [0.29, 0.717) is 12.2 Å². The summed E-state index contributed by atoms with van der Waals surface area (Å²) in [6, 6.07) is 8.76. The molecule has 0 aliphatic rings. The summed E-state index contributed by atoms with van der Waals surface area (Å²) in [5, 5.41) is 0. The number of fused-ring (bicyclic) bond motifs is 1. The number of ether oxygens (including phenoxy) is 2. The SMILES string of the molecule is COc1cc(-n2cnc3cc(CN)ccc32)cc(OC)c1C(=O)CCC(F)(F)F. The van der Waals surface area contributed by atoms with E-state index in [1.165, 1.54) is 14.2 Å². The van der Waals surface area contributed by atoms with Crippen molar-refractivity contribution in [2.45, 2.75) is 25.6 Å². The van der Waals surface area contributed by atoms with Crippen LogP contribution < -0.4 is 15.2 Å². The predicted octanol–water partition coefficient (Wildman–Crippen LogP) is 4.03. The van der Waals surface area contributed by atoms with Gasteiger partial charge < -0.3 is 15.2 Å². The number of methoxy groups -OCH3 is 2. The van der Waals surface area contributed by atoms with Crippen molar-refractivity contribution in [3.05, 3.63) is 47.8 Å². The highest BCUT2D eigenvalue weighted by Gasteiger charge is 2.30. The van der Waals surface area contributed by atoms with Gasteiger partial charge in [0.2, 0.25) is 0 Å². The van der Waals surface area contributed by atoms with Crippen LogP contribution in [-0.4, -0.2) is 35.7 Å². The van der Waals surface area contributed by atoms with Gasteiger partial charge in [-0.05, 0) is 17.7 Å². The molecule has 0 saturated heterocycles. The van der Waals surface area contributed by atoms with Gasteiger partial charge in [-0.2, -0.15) is 13.2 Å². The molecule has 1 heterocycles. The molecule has 0 aliphatic heterocycles. The van der Waals surface area contributed by atoms with Gasteiger partial charge in [-0.15, -0.1) is 0 Å². The standard InChI is InChI=1S/C20H20F3N3O3/c1-28-17-8-13(26-11-25-14-7-12(10-24)3-4-15(14)26)9-18(29-2)19(17)16(27)5-6-20(21,22)23/h3-4,7-9,11H,5-6,10,24H2,1-2H3. The van der Waals surface area contributed by atoms with E-state index in [9.17, 15) is 18.0 Å². The summed E-state index contributed by atoms with van der Waals surface area (Å²) in [6.07, 6.45) is -4.72. The summed E-state index contributed by atoms with van der Waals surface area (Å²) in [4.78, 5) is 16.8. The van der Waals surface area contributed by atoms with Crippen molar-refractivity contribution in [2.75, 3.05) is 14.2 Å². The number of rotatable bonds is 7. The van der Waals surface area contributed by atoms with Crippen LogP contribution in [0.25, 0.3) is 16.7 Å². The van der Waals surface area contributed by atoms with Crippen LogP contribution >= 0.6 is 0 Å². The van der Waals surface area contributed by atoms with Gasteiger partial charge in [-0.3, -0.25) is 9.36 Å². The quantitative estimate of drug-likeness (QED) is 0.599. The molecular weight excluding hydrogens is 387 g/mol. The van der Waals surface area contributed by atoms with Gasteiger partial charge in [0.1, 0.15) is 23.4 Å². The van der Waals surface area contributed by atoms with Crippen LogP contribution in [-0.2, 0) is 6.54 Å². The Bertz CT molecular complexity index is 1020. The minimum Gasteiger partial charge on any atom is -0.496 e. The van der Waals surface area contributed by atoms with Crippen LogP contribution in [0.4, 0.5) is 13.2 Å². The molecule has 0 radical (unpaired) electrons. The van der Waals surface area contributed by atoms with Crippen molar-refractivity contribution in [3.8, 4) is 17.2 Å². The second kappa shape index (κ2) is 8.12. The van der Waals surface area contributed by atoms with Crippen molar-refractivity contribution in [3.63, 3.8) is 0 Å². The molecule has 3 aromatic rings. The Morgan fingerprint density at radius 2 is 1.79 bits per heavy atom. The van der Waals surface area contributed by atoms with E-state index in [-0.39, 0.29) is 17.1 Å². The smallest absolute Gasteiger partial charge is 0.389 e. The average molecular weight is 407 g/mol. The molecule has 154 valence electrons. The van der Waals surface area contributed by atoms with E-state index in [1.807, 2.05) is 18.2 Å². The first-order chi connectivity index (χ1) is 13.8. The number of hydrogen-bond donors (Lipinski definition) is 1. The van der Waals surface area contributed by atoms with Gasteiger partial charge in [0.25, 0.3) is 0 Å². The number of Topliss-reactive ketones (excluding diaryl/α,β-unsaturated/α-hetero) is 1. The van der Waals surface area contributed by atoms with Crippen molar-refractivity contribution < 1.29 is 27.4 Å². The van der Waals surface area contributed by atoms with Gasteiger partial charge in [0.15, 0.2) is 5.78 Å². The number of alkyl halides is 3. The fourth-order valence-electron chi connectivity index (χ4n) is 3.08. The minimum atomic E-state index is -4.42. The Labute approximate surface area is 165 Å². The number of halogens is 3. The lowest BCUT2D eigenvalue weighted by Crippen LogP contribution is -2.13. The summed E-state index contributed by atoms with van der Waals surface area (Å²) < 4.78 is 49.9. The predicted molar refractivity (Wildman–Crippen MR) is 102 cm³/mol. The normalized spacial score (nSPS) is 11.7. The molecule has 2 N–H and O–H groups in total. The first-order valence-corrected chi connectivity index (χ1v) is 8.79. The van der Waals surface area contributed by atoms with Crippen LogP contribution in [0, 0.1) is 0 Å². The van der Waals surface area contributed by atoms with Crippen LogP contribution in [0.15, 0.2) is 36.7 Å². The van der Waals surface area contributed by atoms with Gasteiger partial charge in [-0.25, -0.2) is 4.98 Å². The number of benzene rings is 2. The van der Waals surface area contributed by atoms with Crippen LogP contribution in [0.1, 0.15) is 28.8 Å². The first kappa shape index (κ1) is 20.7. The minimum absolute atomic E-state index is 0.0159. The molecule has 1 aromatic heterocycles. The molecule has 0 saturated carbocycles. The number of imidazole rings is 1. The molecular formula is C20H20F3N3O3. The molecule has 0 amide bonds. The van der Waals surface area contributed by atoms with E-state index >= 15 is 0 Å². The topological polar surface area (TPSA) is 79.4 Å². The second-order valence-electron chi connectivity index (χ2n) is 6.41. The maximum atomic E-state index is 12.5. The van der Waals surface area contributed by atoms with Gasteiger partial charge >= 0.3 is 6.18 Å². The molecule has 0 atom stereocenters. The lowest BCUT2D eigenvalue weighted by molar-refractivity contribution is -0.133. The third kappa shape index (κ3) is 4.34. The lowest BCUT2D eigenvalue weighted by Gasteiger charge is -2.16. The number of nitrogens with two attached hydrogens (primary N) is 1. The van der Waals surface area contributed by atoms with E-state index in [4.69, 9.17) is 15.2 Å². The zero-order valence-electron chi connectivity index (χ0n) is 15.9. The molecule has 6 nitrogen and oxygen atoms in total. The molecule has 29 heavy (non-hydrogen) atoms. The van der Waals surface area contributed by atoms with E-state index in [0.717, 1.165) is 16.6 Å². The average Bonchev–Trinajstić information content (AvgIpc) is 3.13. The Morgan fingerprint density at radius 1 is 1.14 bits per heavy atom. The Hall–Kier alpha value is -3.07. The summed E-state index contributed by atoms with van der Waals surface area (Å²) >= 11 is 0. The molecule has 0 bridgehead atoms. The highest BCUT2D eigenvalue weighted by atomic mass is 19.4. The fourth-order valence-corrected chi connectivity index (χ4v) is 3.08. The lowest BCUT2D eigenvalue weighted by atomic mass is 10.0. The maximum absolute atomic E-state index is 12.5. The molecule has 3 rings (SSSR count). The number of hydrogen-bond acceptors (Lipinski definition) is 5. The Balaban J connectivity index is 2.05. The third-order valence-corrected chi connectivity index (χ3v) is 4.53. The third-order valence-electron chi connectivity index (χ3n) is 4.53. The molecule has 2 aromatic carbocycles. The molecule has 9 heteroatoms. The number of carbonyl (C=O) groups excluding carboxylic acids is 1. The molecule has 0 fully saturated rings. The summed E-state index contributed by atoms with van der Waals surface area (Å²) in [5.74, 6) is -0.440. The maximum Gasteiger partial charge on any atom is 0.389 e. The van der Waals surface area contributed by atoms with Crippen molar-refractivity contribution in [1.29, 1.82) is 0 Å². The Morgan fingerprint density at radius 3 is 2.34 bits per heavy atom. The van der Waals surface area contributed by atoms with Crippen LogP contribution in [0.3, 0.4) is 0 Å². The van der Waals surface area contributed by atoms with Gasteiger partial charge in [0, 0.05) is 25.1 Å². The van der Waals surface area contributed by atoms with Crippen LogP contribution in [0.2, 0.25) is 0 Å². The Kier molecular flexibility index (Phi) is 5.78. The summed E-state index contributed by atoms with van der Waals surface area (Å²) in [6.45, 7) is 0.388. The number of carbonyl (C=O) groups is 1.